The lowest BCUT2D eigenvalue weighted by Crippen LogP contribution is -2.04. The number of ether oxygens (including phenoxy) is 1. The van der Waals surface area contributed by atoms with Gasteiger partial charge in [-0.1, -0.05) is 102 Å². The predicted octanol–water partition coefficient (Wildman–Crippen LogP) is 8.35. The SMILES string of the molecule is C.COC(=O)c1cc(-c2nnc(-c3cccc(S(C)(=O)=O)c3)s2)n(-c2ccccc2Cl)n1.CS(=O)(=O)c1cccc(-c2nnc(-c3cc(C(=O)O)nn3-c3ccccc3Cl)s2)c1. The third-order valence-corrected chi connectivity index (χ3v) is 13.3. The number of halogens is 2. The minimum absolute atomic E-state index is 0. The molecule has 4 aromatic carbocycles. The summed E-state index contributed by atoms with van der Waals surface area (Å²) in [6.07, 6.45) is 2.28. The van der Waals surface area contributed by atoms with E-state index in [0.717, 1.165) is 12.5 Å². The number of benzene rings is 4. The molecule has 16 nitrogen and oxygen atoms in total. The maximum absolute atomic E-state index is 12.1. The van der Waals surface area contributed by atoms with Gasteiger partial charge in [-0.3, -0.25) is 0 Å². The van der Waals surface area contributed by atoms with E-state index in [1.54, 1.807) is 84.9 Å². The molecule has 62 heavy (non-hydrogen) atoms. The standard InChI is InChI=1S/C20H15ClN4O4S2.C19H13ClN4O4S2.CH4/c1-29-20(26)15-11-17(25(24-15)16-9-4-3-8-14(16)21)19-23-22-18(30-19)12-6-5-7-13(10-12)31(2,27)28;1-30(27,28)12-6-4-5-11(9-12)17-21-22-18(29-17)16-10-14(19(25)26)23-24(16)15-8-3-2-7-13(15)20;/h3-11H,1-2H3;2-10H,1H3,(H,25,26);1H4. The zero-order chi connectivity index (χ0) is 43.6. The zero-order valence-corrected chi connectivity index (χ0v) is 36.4. The molecule has 0 spiro atoms. The third-order valence-electron chi connectivity index (χ3n) is 8.50. The lowest BCUT2D eigenvalue weighted by Gasteiger charge is -2.06. The summed E-state index contributed by atoms with van der Waals surface area (Å²) >= 11 is 15.0. The highest BCUT2D eigenvalue weighted by molar-refractivity contribution is 7.91. The number of methoxy groups -OCH3 is 1. The fraction of sp³-hybridized carbons (Fsp3) is 0.100. The summed E-state index contributed by atoms with van der Waals surface area (Å²) in [5.41, 5.74) is 3.09. The molecule has 0 fully saturated rings. The van der Waals surface area contributed by atoms with Crippen LogP contribution in [0.3, 0.4) is 0 Å². The quantitative estimate of drug-likeness (QED) is 0.127. The summed E-state index contributed by atoms with van der Waals surface area (Å²) < 4.78 is 55.1. The van der Waals surface area contributed by atoms with Crippen molar-refractivity contribution in [1.29, 1.82) is 0 Å². The van der Waals surface area contributed by atoms with Gasteiger partial charge in [0.2, 0.25) is 0 Å². The molecular formula is C40H32Cl2N8O8S4. The largest absolute Gasteiger partial charge is 0.476 e. The molecule has 0 aliphatic heterocycles. The van der Waals surface area contributed by atoms with E-state index in [4.69, 9.17) is 27.9 Å². The number of aromatic carboxylic acids is 1. The highest BCUT2D eigenvalue weighted by Gasteiger charge is 2.23. The van der Waals surface area contributed by atoms with E-state index in [-0.39, 0.29) is 28.6 Å². The summed E-state index contributed by atoms with van der Waals surface area (Å²) in [4.78, 5) is 23.9. The van der Waals surface area contributed by atoms with E-state index in [2.05, 4.69) is 30.6 Å². The Morgan fingerprint density at radius 3 is 1.40 bits per heavy atom. The van der Waals surface area contributed by atoms with Crippen molar-refractivity contribution in [3.8, 4) is 53.9 Å². The minimum Gasteiger partial charge on any atom is -0.476 e. The average molecular weight is 952 g/mol. The monoisotopic (exact) mass is 950 g/mol. The maximum Gasteiger partial charge on any atom is 0.358 e. The van der Waals surface area contributed by atoms with Gasteiger partial charge in [0.25, 0.3) is 0 Å². The van der Waals surface area contributed by atoms with E-state index in [0.29, 0.717) is 64.0 Å². The number of rotatable bonds is 10. The van der Waals surface area contributed by atoms with E-state index in [1.165, 1.54) is 63.4 Å². The van der Waals surface area contributed by atoms with Crippen LogP contribution in [0.5, 0.6) is 0 Å². The first-order chi connectivity index (χ1) is 29.0. The number of carbonyl (C=O) groups is 2. The molecule has 0 aliphatic carbocycles. The van der Waals surface area contributed by atoms with Crippen molar-refractivity contribution in [2.24, 2.45) is 0 Å². The second-order valence-electron chi connectivity index (χ2n) is 12.8. The van der Waals surface area contributed by atoms with Crippen molar-refractivity contribution in [2.45, 2.75) is 17.2 Å². The number of carbonyl (C=O) groups excluding carboxylic acids is 1. The number of hydrogen-bond acceptors (Lipinski definition) is 15. The van der Waals surface area contributed by atoms with E-state index in [9.17, 15) is 31.5 Å². The first-order valence-electron chi connectivity index (χ1n) is 17.3. The van der Waals surface area contributed by atoms with Crippen molar-refractivity contribution in [1.82, 2.24) is 40.0 Å². The summed E-state index contributed by atoms with van der Waals surface area (Å²) in [5.74, 6) is -1.79. The number of hydrogen-bond donors (Lipinski definition) is 1. The first-order valence-corrected chi connectivity index (χ1v) is 23.5. The van der Waals surface area contributed by atoms with Crippen LogP contribution in [0.25, 0.3) is 53.9 Å². The molecule has 318 valence electrons. The fourth-order valence-electron chi connectivity index (χ4n) is 5.60. The molecule has 0 radical (unpaired) electrons. The predicted molar refractivity (Wildman–Crippen MR) is 237 cm³/mol. The van der Waals surface area contributed by atoms with Gasteiger partial charge in [0, 0.05) is 35.8 Å². The maximum atomic E-state index is 12.1. The van der Waals surface area contributed by atoms with E-state index in [1.807, 2.05) is 0 Å². The molecule has 4 heterocycles. The molecule has 1 N–H and O–H groups in total. The number of carboxylic acids is 1. The minimum atomic E-state index is -3.37. The Balaban J connectivity index is 0.000000204. The molecule has 0 bridgehead atoms. The van der Waals surface area contributed by atoms with Crippen molar-refractivity contribution < 1.29 is 36.3 Å². The van der Waals surface area contributed by atoms with Crippen molar-refractivity contribution in [3.05, 3.63) is 131 Å². The molecule has 4 aromatic heterocycles. The van der Waals surface area contributed by atoms with Crippen LogP contribution in [-0.2, 0) is 24.4 Å². The molecule has 0 saturated carbocycles. The number of nitrogens with zero attached hydrogens (tertiary/aromatic N) is 8. The zero-order valence-electron chi connectivity index (χ0n) is 31.7. The van der Waals surface area contributed by atoms with Crippen molar-refractivity contribution in [3.63, 3.8) is 0 Å². The van der Waals surface area contributed by atoms with Crippen LogP contribution in [0.4, 0.5) is 0 Å². The number of carboxylic acid groups (broad SMARTS) is 1. The van der Waals surface area contributed by atoms with E-state index < -0.39 is 31.6 Å². The molecule has 0 atom stereocenters. The van der Waals surface area contributed by atoms with Crippen LogP contribution in [-0.4, -0.2) is 93.5 Å². The Morgan fingerprint density at radius 2 is 1.00 bits per heavy atom. The lowest BCUT2D eigenvalue weighted by molar-refractivity contribution is 0.0592. The van der Waals surface area contributed by atoms with Gasteiger partial charge in [0.05, 0.1) is 38.3 Å². The van der Waals surface area contributed by atoms with Gasteiger partial charge in [-0.2, -0.15) is 10.2 Å². The van der Waals surface area contributed by atoms with Crippen LogP contribution in [0.2, 0.25) is 10.0 Å². The molecule has 8 aromatic rings. The Morgan fingerprint density at radius 1 is 0.597 bits per heavy atom. The normalized spacial score (nSPS) is 11.3. The van der Waals surface area contributed by atoms with Crippen molar-refractivity contribution >= 4 is 77.5 Å². The Hall–Kier alpha value is -6.16. The number of para-hydroxylation sites is 2. The molecule has 0 saturated heterocycles. The topological polar surface area (TPSA) is 219 Å². The number of sulfone groups is 2. The highest BCUT2D eigenvalue weighted by Crippen LogP contribution is 2.36. The van der Waals surface area contributed by atoms with Gasteiger partial charge in [0.15, 0.2) is 41.1 Å². The third kappa shape index (κ3) is 9.80. The Kier molecular flexibility index (Phi) is 13.5. The number of aromatic nitrogens is 8. The molecule has 0 aliphatic rings. The molecule has 8 rings (SSSR count). The summed E-state index contributed by atoms with van der Waals surface area (Å²) in [6.45, 7) is 0. The smallest absolute Gasteiger partial charge is 0.358 e. The Labute approximate surface area is 372 Å². The van der Waals surface area contributed by atoms with Gasteiger partial charge in [-0.15, -0.1) is 20.4 Å². The van der Waals surface area contributed by atoms with Crippen LogP contribution in [0.1, 0.15) is 28.4 Å². The fourth-order valence-corrected chi connectivity index (χ4v) is 9.04. The Bertz CT molecular complexity index is 3200. The van der Waals surface area contributed by atoms with Crippen LogP contribution >= 0.6 is 45.9 Å². The van der Waals surface area contributed by atoms with Crippen LogP contribution < -0.4 is 0 Å². The summed E-state index contributed by atoms with van der Waals surface area (Å²) in [6, 6.07) is 29.8. The molecule has 22 heteroatoms. The summed E-state index contributed by atoms with van der Waals surface area (Å²) in [5, 5.41) is 37.3. The van der Waals surface area contributed by atoms with Gasteiger partial charge in [-0.05, 0) is 48.5 Å². The second-order valence-corrected chi connectivity index (χ2v) is 19.6. The van der Waals surface area contributed by atoms with Gasteiger partial charge in [-0.25, -0.2) is 35.8 Å². The van der Waals surface area contributed by atoms with Gasteiger partial charge >= 0.3 is 11.9 Å². The first kappa shape index (κ1) is 45.4. The lowest BCUT2D eigenvalue weighted by atomic mass is 10.2. The van der Waals surface area contributed by atoms with Crippen LogP contribution in [0, 0.1) is 0 Å². The highest BCUT2D eigenvalue weighted by atomic mass is 35.5. The molecule has 0 unspecified atom stereocenters. The van der Waals surface area contributed by atoms with Crippen LogP contribution in [0.15, 0.2) is 119 Å². The summed E-state index contributed by atoms with van der Waals surface area (Å²) in [7, 11) is -5.46. The molecular weight excluding hydrogens is 920 g/mol. The second kappa shape index (κ2) is 18.4. The van der Waals surface area contributed by atoms with E-state index >= 15 is 0 Å². The number of esters is 1. The van der Waals surface area contributed by atoms with Gasteiger partial charge in [0.1, 0.15) is 21.4 Å². The van der Waals surface area contributed by atoms with Crippen molar-refractivity contribution in [2.75, 3.05) is 19.6 Å². The molecule has 0 amide bonds. The van der Waals surface area contributed by atoms with Gasteiger partial charge < -0.3 is 9.84 Å². The average Bonchev–Trinajstić information content (AvgIpc) is 4.07.